The van der Waals surface area contributed by atoms with Gasteiger partial charge >= 0.3 is 0 Å². The Hall–Kier alpha value is -1.83. The number of halogens is 1. The van der Waals surface area contributed by atoms with Gasteiger partial charge in [0.25, 0.3) is 0 Å². The van der Waals surface area contributed by atoms with Crippen molar-refractivity contribution in [3.05, 3.63) is 23.7 Å². The van der Waals surface area contributed by atoms with E-state index >= 15 is 0 Å². The zero-order chi connectivity index (χ0) is 17.0. The van der Waals surface area contributed by atoms with Gasteiger partial charge in [-0.3, -0.25) is 0 Å². The van der Waals surface area contributed by atoms with Crippen molar-refractivity contribution in [2.75, 3.05) is 36.0 Å². The van der Waals surface area contributed by atoms with Crippen molar-refractivity contribution >= 4 is 22.5 Å². The van der Waals surface area contributed by atoms with Crippen molar-refractivity contribution < 1.29 is 4.39 Å². The minimum Gasteiger partial charge on any atom is -0.353 e. The van der Waals surface area contributed by atoms with Crippen molar-refractivity contribution in [3.8, 4) is 0 Å². The summed E-state index contributed by atoms with van der Waals surface area (Å²) in [5.74, 6) is 2.94. The zero-order valence-corrected chi connectivity index (χ0v) is 15.0. The molecule has 2 atom stereocenters. The number of aromatic nitrogens is 4. The third kappa shape index (κ3) is 2.67. The summed E-state index contributed by atoms with van der Waals surface area (Å²) in [5, 5.41) is 1.06. The number of rotatable bonds is 4. The molecule has 8 heteroatoms. The Morgan fingerprint density at radius 1 is 1.12 bits per heavy atom. The monoisotopic (exact) mass is 360 g/mol. The molecule has 2 aromatic heterocycles. The maximum atomic E-state index is 14.5. The summed E-state index contributed by atoms with van der Waals surface area (Å²) in [5.41, 5.74) is 0.505. The molecule has 2 aromatic rings. The summed E-state index contributed by atoms with van der Waals surface area (Å²) in [6.45, 7) is 5.59. The molecular weight excluding hydrogens is 339 g/mol. The standard InChI is InChI=1S/C17H21FN6S/c1-2-13-14(18)16(20-9-19-13)23-5-11-7-24(8-12(11)6-23)17-21-15(22-25-17)10-3-4-10/h9-12H,2-8H2,1H3. The third-order valence-electron chi connectivity index (χ3n) is 5.61. The van der Waals surface area contributed by atoms with Gasteiger partial charge in [-0.2, -0.15) is 4.37 Å². The third-order valence-corrected chi connectivity index (χ3v) is 6.40. The summed E-state index contributed by atoms with van der Waals surface area (Å²) in [7, 11) is 0. The largest absolute Gasteiger partial charge is 0.353 e. The van der Waals surface area contributed by atoms with Crippen LogP contribution >= 0.6 is 11.5 Å². The van der Waals surface area contributed by atoms with E-state index in [2.05, 4.69) is 24.1 Å². The normalized spacial score (nSPS) is 25.7. The van der Waals surface area contributed by atoms with Gasteiger partial charge in [0.15, 0.2) is 11.6 Å². The van der Waals surface area contributed by atoms with Gasteiger partial charge in [0.2, 0.25) is 5.13 Å². The van der Waals surface area contributed by atoms with E-state index in [9.17, 15) is 4.39 Å². The van der Waals surface area contributed by atoms with Crippen LogP contribution in [0.2, 0.25) is 0 Å². The molecule has 2 aliphatic heterocycles. The Balaban J connectivity index is 1.28. The summed E-state index contributed by atoms with van der Waals surface area (Å²) in [6, 6.07) is 0. The molecule has 3 fully saturated rings. The van der Waals surface area contributed by atoms with Gasteiger partial charge in [0, 0.05) is 55.5 Å². The van der Waals surface area contributed by atoms with Crippen LogP contribution in [0.15, 0.2) is 6.33 Å². The van der Waals surface area contributed by atoms with Gasteiger partial charge in [0.05, 0.1) is 5.69 Å². The minimum atomic E-state index is -0.250. The van der Waals surface area contributed by atoms with Gasteiger partial charge in [-0.1, -0.05) is 6.92 Å². The number of anilines is 2. The maximum Gasteiger partial charge on any atom is 0.205 e. The minimum absolute atomic E-state index is 0.250. The quantitative estimate of drug-likeness (QED) is 0.835. The second-order valence-corrected chi connectivity index (χ2v) is 8.08. The molecule has 0 spiro atoms. The van der Waals surface area contributed by atoms with E-state index in [0.717, 1.165) is 37.1 Å². The lowest BCUT2D eigenvalue weighted by molar-refractivity contribution is 0.533. The van der Waals surface area contributed by atoms with E-state index < -0.39 is 0 Å². The van der Waals surface area contributed by atoms with Crippen LogP contribution < -0.4 is 9.80 Å². The predicted octanol–water partition coefficient (Wildman–Crippen LogP) is 2.48. The zero-order valence-electron chi connectivity index (χ0n) is 14.2. The van der Waals surface area contributed by atoms with Gasteiger partial charge in [-0.15, -0.1) is 0 Å². The fourth-order valence-electron chi connectivity index (χ4n) is 4.05. The highest BCUT2D eigenvalue weighted by Crippen LogP contribution is 2.41. The van der Waals surface area contributed by atoms with E-state index in [-0.39, 0.29) is 5.82 Å². The van der Waals surface area contributed by atoms with Gasteiger partial charge in [-0.25, -0.2) is 19.3 Å². The van der Waals surface area contributed by atoms with Crippen molar-refractivity contribution in [3.63, 3.8) is 0 Å². The van der Waals surface area contributed by atoms with Crippen LogP contribution in [-0.4, -0.2) is 45.5 Å². The molecule has 4 heterocycles. The Morgan fingerprint density at radius 3 is 2.52 bits per heavy atom. The van der Waals surface area contributed by atoms with Crippen molar-refractivity contribution in [1.29, 1.82) is 0 Å². The first-order chi connectivity index (χ1) is 12.2. The fourth-order valence-corrected chi connectivity index (χ4v) is 4.81. The lowest BCUT2D eigenvalue weighted by Gasteiger charge is -2.22. The molecule has 1 saturated carbocycles. The molecule has 2 unspecified atom stereocenters. The van der Waals surface area contributed by atoms with Gasteiger partial charge < -0.3 is 9.80 Å². The molecule has 6 nitrogen and oxygen atoms in total. The Kier molecular flexibility index (Phi) is 3.62. The van der Waals surface area contributed by atoms with Crippen LogP contribution in [0.25, 0.3) is 0 Å². The molecule has 25 heavy (non-hydrogen) atoms. The topological polar surface area (TPSA) is 58.0 Å². The summed E-state index contributed by atoms with van der Waals surface area (Å²) < 4.78 is 19.1. The fraction of sp³-hybridized carbons (Fsp3) is 0.647. The van der Waals surface area contributed by atoms with Crippen LogP contribution in [-0.2, 0) is 6.42 Å². The van der Waals surface area contributed by atoms with Crippen LogP contribution in [0.5, 0.6) is 0 Å². The highest BCUT2D eigenvalue weighted by Gasteiger charge is 2.42. The average Bonchev–Trinajstić information content (AvgIpc) is 3.04. The molecule has 3 aliphatic rings. The lowest BCUT2D eigenvalue weighted by Crippen LogP contribution is -2.30. The Morgan fingerprint density at radius 2 is 1.84 bits per heavy atom. The average molecular weight is 360 g/mol. The predicted molar refractivity (Wildman–Crippen MR) is 94.7 cm³/mol. The number of fused-ring (bicyclic) bond motifs is 1. The molecule has 1 aliphatic carbocycles. The van der Waals surface area contributed by atoms with E-state index in [1.54, 1.807) is 0 Å². The number of nitrogens with zero attached hydrogens (tertiary/aromatic N) is 6. The van der Waals surface area contributed by atoms with E-state index in [1.807, 2.05) is 6.92 Å². The maximum absolute atomic E-state index is 14.5. The molecule has 0 N–H and O–H groups in total. The summed E-state index contributed by atoms with van der Waals surface area (Å²) in [6.07, 6.45) is 4.55. The second-order valence-electron chi connectivity index (χ2n) is 7.35. The highest BCUT2D eigenvalue weighted by atomic mass is 32.1. The number of hydrogen-bond acceptors (Lipinski definition) is 7. The van der Waals surface area contributed by atoms with Crippen LogP contribution in [0.4, 0.5) is 15.3 Å². The Labute approximate surface area is 150 Å². The summed E-state index contributed by atoms with van der Waals surface area (Å²) in [4.78, 5) is 17.4. The summed E-state index contributed by atoms with van der Waals surface area (Å²) >= 11 is 1.53. The molecule has 2 saturated heterocycles. The first kappa shape index (κ1) is 15.4. The highest BCUT2D eigenvalue weighted by molar-refractivity contribution is 7.09. The van der Waals surface area contributed by atoms with E-state index in [4.69, 9.17) is 4.98 Å². The SMILES string of the molecule is CCc1ncnc(N2CC3CN(c4nc(C5CC5)ns4)CC3C2)c1F. The molecule has 5 rings (SSSR count). The number of hydrogen-bond donors (Lipinski definition) is 0. The van der Waals surface area contributed by atoms with Crippen molar-refractivity contribution in [1.82, 2.24) is 19.3 Å². The molecule has 0 bridgehead atoms. The van der Waals surface area contributed by atoms with Crippen molar-refractivity contribution in [2.24, 2.45) is 11.8 Å². The van der Waals surface area contributed by atoms with Crippen LogP contribution in [0, 0.1) is 17.7 Å². The lowest BCUT2D eigenvalue weighted by atomic mass is 10.0. The van der Waals surface area contributed by atoms with Crippen LogP contribution in [0.1, 0.15) is 37.2 Å². The molecule has 0 radical (unpaired) electrons. The molecular formula is C17H21FN6S. The van der Waals surface area contributed by atoms with Gasteiger partial charge in [-0.05, 0) is 19.3 Å². The van der Waals surface area contributed by atoms with Crippen molar-refractivity contribution in [2.45, 2.75) is 32.1 Å². The first-order valence-electron chi connectivity index (χ1n) is 9.05. The second kappa shape index (κ2) is 5.86. The number of aryl methyl sites for hydroxylation is 1. The first-order valence-corrected chi connectivity index (χ1v) is 9.83. The molecule has 0 amide bonds. The van der Waals surface area contributed by atoms with Gasteiger partial charge in [0.1, 0.15) is 12.2 Å². The molecule has 0 aromatic carbocycles. The molecule has 132 valence electrons. The smallest absolute Gasteiger partial charge is 0.205 e. The van der Waals surface area contributed by atoms with E-state index in [0.29, 0.717) is 35.7 Å². The Bertz CT molecular complexity index is 777. The van der Waals surface area contributed by atoms with E-state index in [1.165, 1.54) is 30.7 Å². The van der Waals surface area contributed by atoms with Crippen LogP contribution in [0.3, 0.4) is 0 Å².